The highest BCUT2D eigenvalue weighted by atomic mass is 16.6. The molecule has 15 nitrogen and oxygen atoms in total. The van der Waals surface area contributed by atoms with Crippen LogP contribution in [0.2, 0.25) is 0 Å². The Labute approximate surface area is 283 Å². The lowest BCUT2D eigenvalue weighted by atomic mass is 9.97. The van der Waals surface area contributed by atoms with Crippen LogP contribution in [0.25, 0.3) is 0 Å². The third-order valence-electron chi connectivity index (χ3n) is 6.95. The summed E-state index contributed by atoms with van der Waals surface area (Å²) in [5.41, 5.74) is -0.185. The molecule has 0 saturated carbocycles. The lowest BCUT2D eigenvalue weighted by molar-refractivity contribution is -0.122. The molecule has 2 fully saturated rings. The molecule has 48 heavy (non-hydrogen) atoms. The lowest BCUT2D eigenvalue weighted by Crippen LogP contribution is -2.44. The number of amides is 3. The predicted molar refractivity (Wildman–Crippen MR) is 178 cm³/mol. The predicted octanol–water partition coefficient (Wildman–Crippen LogP) is 4.72. The highest BCUT2D eigenvalue weighted by Gasteiger charge is 2.34. The van der Waals surface area contributed by atoms with E-state index >= 15 is 0 Å². The fourth-order valence-electron chi connectivity index (χ4n) is 4.90. The fourth-order valence-corrected chi connectivity index (χ4v) is 4.90. The molecule has 4 atom stereocenters. The Kier molecular flexibility index (Phi) is 19.9. The summed E-state index contributed by atoms with van der Waals surface area (Å²) < 4.78 is 15.8. The van der Waals surface area contributed by atoms with Gasteiger partial charge in [-0.3, -0.25) is 4.79 Å². The van der Waals surface area contributed by atoms with E-state index in [-0.39, 0.29) is 49.7 Å². The second-order valence-electron chi connectivity index (χ2n) is 13.1. The van der Waals surface area contributed by atoms with Gasteiger partial charge in [0.15, 0.2) is 0 Å². The average molecular weight is 676 g/mol. The van der Waals surface area contributed by atoms with Gasteiger partial charge in [0, 0.05) is 25.2 Å². The second-order valence-corrected chi connectivity index (χ2v) is 13.1. The molecular weight excluding hydrogens is 622 g/mol. The monoisotopic (exact) mass is 675 g/mol. The van der Waals surface area contributed by atoms with Crippen LogP contribution in [0.5, 0.6) is 0 Å². The smallest absolute Gasteiger partial charge is 0.410 e. The minimum absolute atomic E-state index is 0. The van der Waals surface area contributed by atoms with Crippen molar-refractivity contribution in [3.8, 4) is 12.1 Å². The van der Waals surface area contributed by atoms with Crippen LogP contribution < -0.4 is 22.1 Å². The largest absolute Gasteiger partial charge is 0.483 e. The van der Waals surface area contributed by atoms with Gasteiger partial charge in [0.2, 0.25) is 0 Å². The summed E-state index contributed by atoms with van der Waals surface area (Å²) in [6.45, 7) is 13.6. The van der Waals surface area contributed by atoms with Gasteiger partial charge in [-0.2, -0.15) is 10.5 Å². The van der Waals surface area contributed by atoms with Crippen LogP contribution in [0.4, 0.5) is 14.4 Å². The summed E-state index contributed by atoms with van der Waals surface area (Å²) >= 11 is 0. The number of likely N-dealkylation sites (tertiary alicyclic amines) is 1. The van der Waals surface area contributed by atoms with Crippen molar-refractivity contribution in [2.45, 2.75) is 97.1 Å². The van der Waals surface area contributed by atoms with Crippen molar-refractivity contribution in [2.24, 2.45) is 11.8 Å². The van der Waals surface area contributed by atoms with Crippen molar-refractivity contribution < 1.29 is 38.5 Å². The van der Waals surface area contributed by atoms with E-state index in [2.05, 4.69) is 28.1 Å². The number of hydrogen-bond acceptors (Lipinski definition) is 11. The number of carbonyl (C=O) groups is 4. The number of carboxylic acid groups (broad SMARTS) is 1. The molecule has 2 aliphatic heterocycles. The first-order valence-corrected chi connectivity index (χ1v) is 15.6. The number of ether oxygens (including phenoxy) is 3. The van der Waals surface area contributed by atoms with Crippen LogP contribution in [0.1, 0.15) is 72.8 Å². The third kappa shape index (κ3) is 18.5. The second kappa shape index (κ2) is 22.1. The highest BCUT2D eigenvalue weighted by Crippen LogP contribution is 2.23. The number of carbonyl (C=O) groups excluding carboxylic acids is 3. The van der Waals surface area contributed by atoms with E-state index in [1.807, 2.05) is 51.1 Å². The normalized spacial score (nSPS) is 17.9. The van der Waals surface area contributed by atoms with Gasteiger partial charge in [0.05, 0.1) is 25.0 Å². The molecule has 0 aromatic heterocycles. The van der Waals surface area contributed by atoms with Crippen molar-refractivity contribution in [3.63, 3.8) is 0 Å². The first kappa shape index (κ1) is 43.4. The van der Waals surface area contributed by atoms with E-state index in [0.29, 0.717) is 31.8 Å². The minimum Gasteiger partial charge on any atom is -0.483 e. The molecule has 0 bridgehead atoms. The minimum atomic E-state index is -0.607. The van der Waals surface area contributed by atoms with E-state index < -0.39 is 23.4 Å². The molecular formula is C33H53N7O8. The maximum absolute atomic E-state index is 12.3. The van der Waals surface area contributed by atoms with Gasteiger partial charge >= 0.3 is 18.3 Å². The number of hydrogen-bond donors (Lipinski definition) is 5. The highest BCUT2D eigenvalue weighted by molar-refractivity contribution is 5.69. The summed E-state index contributed by atoms with van der Waals surface area (Å²) in [5.74, 6) is 0.309. The molecule has 0 spiro atoms. The number of benzene rings is 1. The van der Waals surface area contributed by atoms with E-state index in [1.165, 1.54) is 0 Å². The van der Waals surface area contributed by atoms with Gasteiger partial charge in [0.1, 0.15) is 17.8 Å². The van der Waals surface area contributed by atoms with Crippen LogP contribution in [0, 0.1) is 34.5 Å². The standard InChI is InChI=1S/C20H27N3O4.C12H21N3O2.CH2O2.H3N/c1-20(2,3)27-18(24)22-17(9-11-21)16-10-12-23(13-16)19(25)26-14-15-7-5-4-6-8-15;1-12(2,3)17-11(16)15-10(4-6-13)9-5-7-14-8-9;2-1-3;/h4-8,16-17H,9-10,12-14H2,1-3H3,(H,22,24);9-10,14H,4-5,7-8H2,1-3H3,(H,15,16);1H,(H,2,3);1H3. The number of nitrogens with zero attached hydrogens (tertiary/aromatic N) is 3. The quantitative estimate of drug-likeness (QED) is 0.186. The van der Waals surface area contributed by atoms with Crippen molar-refractivity contribution >= 4 is 24.8 Å². The van der Waals surface area contributed by atoms with Crippen LogP contribution in [-0.4, -0.2) is 84.2 Å². The van der Waals surface area contributed by atoms with E-state index in [1.54, 1.807) is 25.7 Å². The average Bonchev–Trinajstić information content (AvgIpc) is 3.68. The Hall–Kier alpha value is -4.60. The number of alkyl carbamates (subject to hydrolysis) is 2. The molecule has 7 N–H and O–H groups in total. The van der Waals surface area contributed by atoms with Crippen molar-refractivity contribution in [3.05, 3.63) is 35.9 Å². The molecule has 0 aliphatic carbocycles. The zero-order valence-corrected chi connectivity index (χ0v) is 29.0. The van der Waals surface area contributed by atoms with E-state index in [4.69, 9.17) is 34.6 Å². The van der Waals surface area contributed by atoms with Crippen LogP contribution in [0.3, 0.4) is 0 Å². The SMILES string of the molecule is CC(C)(C)OC(=O)NC(CC#N)C1CCN(C(=O)OCc2ccccc2)C1.CC(C)(C)OC(=O)NC(CC#N)C1CCNC1.N.O=CO. The maximum atomic E-state index is 12.3. The van der Waals surface area contributed by atoms with E-state index in [0.717, 1.165) is 25.1 Å². The Morgan fingerprint density at radius 3 is 1.90 bits per heavy atom. The molecule has 3 rings (SSSR count). The first-order chi connectivity index (χ1) is 22.1. The van der Waals surface area contributed by atoms with Crippen LogP contribution >= 0.6 is 0 Å². The Bertz CT molecular complexity index is 1200. The molecule has 4 unspecified atom stereocenters. The summed E-state index contributed by atoms with van der Waals surface area (Å²) in [7, 11) is 0. The number of nitrogens with one attached hydrogen (secondary N) is 3. The Morgan fingerprint density at radius 1 is 0.958 bits per heavy atom. The maximum Gasteiger partial charge on any atom is 0.410 e. The van der Waals surface area contributed by atoms with Gasteiger partial charge in [-0.15, -0.1) is 0 Å². The zero-order chi connectivity index (χ0) is 35.5. The Morgan fingerprint density at radius 2 is 1.46 bits per heavy atom. The van der Waals surface area contributed by atoms with Gasteiger partial charge in [-0.1, -0.05) is 30.3 Å². The van der Waals surface area contributed by atoms with Crippen molar-refractivity contribution in [2.75, 3.05) is 26.2 Å². The van der Waals surface area contributed by atoms with Gasteiger partial charge in [-0.05, 0) is 84.9 Å². The number of rotatable bonds is 8. The molecule has 15 heteroatoms. The molecule has 2 heterocycles. The van der Waals surface area contributed by atoms with Crippen LogP contribution in [-0.2, 0) is 25.6 Å². The van der Waals surface area contributed by atoms with Crippen LogP contribution in [0.15, 0.2) is 30.3 Å². The third-order valence-corrected chi connectivity index (χ3v) is 6.95. The van der Waals surface area contributed by atoms with Gasteiger partial charge < -0.3 is 46.3 Å². The fraction of sp³-hybridized carbons (Fsp3) is 0.636. The molecule has 268 valence electrons. The molecule has 0 radical (unpaired) electrons. The number of nitriles is 2. The van der Waals surface area contributed by atoms with Gasteiger partial charge in [0.25, 0.3) is 6.47 Å². The Balaban J connectivity index is 0.000000905. The van der Waals surface area contributed by atoms with Crippen molar-refractivity contribution in [1.29, 1.82) is 10.5 Å². The van der Waals surface area contributed by atoms with Gasteiger partial charge in [-0.25, -0.2) is 14.4 Å². The molecule has 2 saturated heterocycles. The summed E-state index contributed by atoms with van der Waals surface area (Å²) in [6, 6.07) is 13.2. The lowest BCUT2D eigenvalue weighted by Gasteiger charge is -2.26. The zero-order valence-electron chi connectivity index (χ0n) is 29.0. The summed E-state index contributed by atoms with van der Waals surface area (Å²) in [5, 5.41) is 33.5. The molecule has 2 aliphatic rings. The molecule has 1 aromatic rings. The molecule has 3 amide bonds. The van der Waals surface area contributed by atoms with Crippen molar-refractivity contribution in [1.82, 2.24) is 27.0 Å². The summed E-state index contributed by atoms with van der Waals surface area (Å²) in [4.78, 5) is 45.9. The van der Waals surface area contributed by atoms with E-state index in [9.17, 15) is 14.4 Å². The summed E-state index contributed by atoms with van der Waals surface area (Å²) in [6.07, 6.45) is 0.805. The first-order valence-electron chi connectivity index (χ1n) is 15.6. The molecule has 1 aromatic carbocycles. The topological polar surface area (TPSA) is 238 Å².